The summed E-state index contributed by atoms with van der Waals surface area (Å²) in [7, 11) is 0. The van der Waals surface area contributed by atoms with E-state index in [-0.39, 0.29) is 0 Å². The molecule has 0 fully saturated rings. The van der Waals surface area contributed by atoms with Crippen LogP contribution in [0.25, 0.3) is 11.4 Å². The number of hydrogen-bond donors (Lipinski definition) is 0. The molecular weight excluding hydrogens is 666 g/mol. The van der Waals surface area contributed by atoms with Gasteiger partial charge in [-0.3, -0.25) is 0 Å². The fourth-order valence-corrected chi connectivity index (χ4v) is 6.90. The molecule has 208 valence electrons. The van der Waals surface area contributed by atoms with Crippen LogP contribution >= 0.6 is 0 Å². The molecule has 0 amide bonds. The third-order valence-electron chi connectivity index (χ3n) is 6.91. The van der Waals surface area contributed by atoms with Gasteiger partial charge < -0.3 is 0 Å². The molecule has 0 radical (unpaired) electrons. The number of rotatable bonds is 6. The molecule has 3 nitrogen and oxygen atoms in total. The van der Waals surface area contributed by atoms with E-state index in [0.29, 0.717) is 23.7 Å². The predicted octanol–water partition coefficient (Wildman–Crippen LogP) is 8.92. The predicted molar refractivity (Wildman–Crippen MR) is 156 cm³/mol. The fourth-order valence-electron chi connectivity index (χ4n) is 4.88. The van der Waals surface area contributed by atoms with Gasteiger partial charge in [-0.15, -0.1) is 0 Å². The molecule has 2 aromatic carbocycles. The first kappa shape index (κ1) is 29.0. The average molecular weight is 706 g/mol. The number of para-hydroxylation sites is 2. The van der Waals surface area contributed by atoms with Crippen molar-refractivity contribution in [2.45, 2.75) is 79.1 Å². The fraction of sp³-hybridized carbons (Fsp3) is 0.353. The van der Waals surface area contributed by atoms with Gasteiger partial charge in [0.2, 0.25) is 0 Å². The van der Waals surface area contributed by atoms with Crippen LogP contribution in [0.1, 0.15) is 107 Å². The Kier molecular flexibility index (Phi) is 9.28. The zero-order valence-electron chi connectivity index (χ0n) is 24.2. The van der Waals surface area contributed by atoms with Gasteiger partial charge in [0.15, 0.2) is 0 Å². The number of imidazole rings is 1. The second-order valence-electron chi connectivity index (χ2n) is 11.1. The van der Waals surface area contributed by atoms with E-state index in [1.165, 1.54) is 49.5 Å². The SMILES string of the molecule is CC(C)c1cccc(C(C)C)c1-n1ccn(-c2c(C(C)C)cccc2C(C)C)[c]1=[Au][C]#Cc1ccc(F)nc1. The van der Waals surface area contributed by atoms with Crippen LogP contribution in [0.4, 0.5) is 4.39 Å². The van der Waals surface area contributed by atoms with Crippen LogP contribution in [0.3, 0.4) is 0 Å². The minimum atomic E-state index is -0.603. The van der Waals surface area contributed by atoms with Crippen molar-refractivity contribution in [3.05, 3.63) is 105 Å². The Morgan fingerprint density at radius 1 is 0.667 bits per heavy atom. The zero-order valence-corrected chi connectivity index (χ0v) is 26.3. The van der Waals surface area contributed by atoms with Gasteiger partial charge in [0.05, 0.1) is 0 Å². The van der Waals surface area contributed by atoms with Crippen LogP contribution in [0.2, 0.25) is 0 Å². The number of halogens is 1. The van der Waals surface area contributed by atoms with Gasteiger partial charge in [0, 0.05) is 0 Å². The standard InChI is InChI=1S/C27H36N2.C7H3FN.Au/c1-18(2)22-11-9-12-23(19(3)4)26(22)28-15-16-29(17-28)27-24(20(5)6)13-10-14-25(27)21(7)8;1-2-6-3-4-7(8)9-5-6;/h9-16,18-21H,1-8H3;3-5H;. The number of hydrogen-bond acceptors (Lipinski definition) is 1. The number of benzene rings is 2. The van der Waals surface area contributed by atoms with E-state index < -0.39 is 25.2 Å². The van der Waals surface area contributed by atoms with Crippen LogP contribution < -0.4 is 0 Å². The maximum atomic E-state index is 13.4. The molecule has 0 bridgehead atoms. The normalized spacial score (nSPS) is 11.6. The summed E-state index contributed by atoms with van der Waals surface area (Å²) in [5.74, 6) is 4.28. The third kappa shape index (κ3) is 6.28. The summed E-state index contributed by atoms with van der Waals surface area (Å²) in [4.78, 5) is 3.78. The van der Waals surface area contributed by atoms with Crippen LogP contribution in [-0.4, -0.2) is 14.1 Å². The monoisotopic (exact) mass is 705 g/mol. The van der Waals surface area contributed by atoms with E-state index >= 15 is 0 Å². The third-order valence-corrected chi connectivity index (χ3v) is 8.98. The summed E-state index contributed by atoms with van der Waals surface area (Å²) >= 11 is -0.603. The van der Waals surface area contributed by atoms with Crippen molar-refractivity contribution in [2.75, 3.05) is 0 Å². The summed E-state index contributed by atoms with van der Waals surface area (Å²) < 4.78 is 22.8. The van der Waals surface area contributed by atoms with Gasteiger partial charge in [0.1, 0.15) is 0 Å². The molecule has 4 rings (SSSR count). The molecule has 39 heavy (non-hydrogen) atoms. The molecule has 0 saturated heterocycles. The van der Waals surface area contributed by atoms with Crippen molar-refractivity contribution < 1.29 is 23.7 Å². The molecule has 0 aliphatic heterocycles. The van der Waals surface area contributed by atoms with Crippen LogP contribution in [-0.2, 0) is 19.3 Å². The number of aromatic nitrogens is 3. The Morgan fingerprint density at radius 3 is 1.46 bits per heavy atom. The zero-order chi connectivity index (χ0) is 28.3. The number of pyridine rings is 1. The van der Waals surface area contributed by atoms with Gasteiger partial charge in [-0.2, -0.15) is 0 Å². The second-order valence-corrected chi connectivity index (χ2v) is 13.2. The summed E-state index contributed by atoms with van der Waals surface area (Å²) in [6.07, 6.45) is 5.95. The maximum absolute atomic E-state index is 13.4. The Hall–Kier alpha value is -2.97. The van der Waals surface area contributed by atoms with Gasteiger partial charge in [-0.05, 0) is 0 Å². The van der Waals surface area contributed by atoms with E-state index in [4.69, 9.17) is 0 Å². The van der Waals surface area contributed by atoms with E-state index in [1.807, 2.05) is 0 Å². The molecular formula is C34H39AuFN3. The molecule has 0 saturated carbocycles. The van der Waals surface area contributed by atoms with Gasteiger partial charge in [0.25, 0.3) is 0 Å². The molecule has 0 aliphatic carbocycles. The summed E-state index contributed by atoms with van der Waals surface area (Å²) in [6.45, 7) is 18.1. The molecule has 0 spiro atoms. The summed E-state index contributed by atoms with van der Waals surface area (Å²) in [6, 6.07) is 16.5. The van der Waals surface area contributed by atoms with Crippen molar-refractivity contribution in [3.63, 3.8) is 0 Å². The first-order valence-corrected chi connectivity index (χ1v) is 15.8. The minimum absolute atomic E-state index is 0.379. The molecule has 0 unspecified atom stereocenters. The van der Waals surface area contributed by atoms with Crippen molar-refractivity contribution in [1.29, 1.82) is 0 Å². The van der Waals surface area contributed by atoms with Gasteiger partial charge >= 0.3 is 243 Å². The van der Waals surface area contributed by atoms with Gasteiger partial charge in [-0.25, -0.2) is 0 Å². The van der Waals surface area contributed by atoms with E-state index in [9.17, 15) is 4.39 Å². The van der Waals surface area contributed by atoms with Crippen molar-refractivity contribution in [3.8, 4) is 21.4 Å². The van der Waals surface area contributed by atoms with Crippen LogP contribution in [0.15, 0.2) is 67.1 Å². The van der Waals surface area contributed by atoms with E-state index in [1.54, 1.807) is 6.07 Å². The molecule has 2 aromatic heterocycles. The molecule has 0 aliphatic rings. The van der Waals surface area contributed by atoms with Crippen LogP contribution in [0, 0.1) is 19.6 Å². The van der Waals surface area contributed by atoms with Crippen LogP contribution in [0.5, 0.6) is 0 Å². The first-order chi connectivity index (χ1) is 18.6. The molecule has 5 heteroatoms. The Morgan fingerprint density at radius 2 is 1.10 bits per heavy atom. The quantitative estimate of drug-likeness (QED) is 0.112. The summed E-state index contributed by atoms with van der Waals surface area (Å²) in [5.41, 5.74) is 8.62. The van der Waals surface area contributed by atoms with Gasteiger partial charge in [-0.1, -0.05) is 0 Å². The molecule has 0 atom stereocenters. The second kappa shape index (κ2) is 12.5. The molecule has 4 aromatic rings. The topological polar surface area (TPSA) is 22.8 Å². The Bertz CT molecular complexity index is 1440. The molecule has 2 heterocycles. The Labute approximate surface area is 242 Å². The summed E-state index contributed by atoms with van der Waals surface area (Å²) in [5, 5.41) is 0. The van der Waals surface area contributed by atoms with Crippen molar-refractivity contribution in [1.82, 2.24) is 14.1 Å². The Balaban J connectivity index is 2.10. The average Bonchev–Trinajstić information content (AvgIpc) is 3.31. The van der Waals surface area contributed by atoms with Crippen molar-refractivity contribution in [2.24, 2.45) is 0 Å². The van der Waals surface area contributed by atoms with E-state index in [0.717, 1.165) is 5.56 Å². The molecule has 0 N–H and O–H groups in total. The first-order valence-electron chi connectivity index (χ1n) is 13.7. The van der Waals surface area contributed by atoms with Crippen molar-refractivity contribution >= 4 is 0 Å². The van der Waals surface area contributed by atoms with E-state index in [2.05, 4.69) is 128 Å². The number of nitrogens with zero attached hydrogens (tertiary/aromatic N) is 3.